The van der Waals surface area contributed by atoms with Crippen LogP contribution in [-0.4, -0.2) is 20.5 Å². The highest BCUT2D eigenvalue weighted by atomic mass is 16.6. The molecule has 2 aromatic carbocycles. The van der Waals surface area contributed by atoms with Crippen molar-refractivity contribution in [3.05, 3.63) is 108 Å². The maximum Gasteiger partial charge on any atom is 0.301 e. The second-order valence-corrected chi connectivity index (χ2v) is 7.25. The minimum absolute atomic E-state index is 0.0320. The minimum atomic E-state index is -0.741. The van der Waals surface area contributed by atoms with E-state index < -0.39 is 26.1 Å². The summed E-state index contributed by atoms with van der Waals surface area (Å²) in [4.78, 5) is 31.4. The fraction of sp³-hybridized carbons (Fsp3) is 0.143. The first-order chi connectivity index (χ1) is 15.6. The molecule has 12 nitrogen and oxygen atoms in total. The van der Waals surface area contributed by atoms with Gasteiger partial charge < -0.3 is 0 Å². The zero-order valence-corrected chi connectivity index (χ0v) is 17.7. The summed E-state index contributed by atoms with van der Waals surface area (Å²) in [5.74, 6) is 0. The second-order valence-electron chi connectivity index (χ2n) is 7.25. The van der Waals surface area contributed by atoms with Crippen molar-refractivity contribution in [3.8, 4) is 0 Å². The summed E-state index contributed by atoms with van der Waals surface area (Å²) in [6, 6.07) is 10.9. The molecule has 0 bridgehead atoms. The number of benzene rings is 2. The maximum absolute atomic E-state index is 11.4. The third kappa shape index (κ3) is 5.70. The second kappa shape index (κ2) is 9.60. The van der Waals surface area contributed by atoms with Gasteiger partial charge >= 0.3 is 5.69 Å². The van der Waals surface area contributed by atoms with Crippen LogP contribution in [0.2, 0.25) is 0 Å². The van der Waals surface area contributed by atoms with Crippen molar-refractivity contribution in [3.63, 3.8) is 0 Å². The van der Waals surface area contributed by atoms with E-state index in [1.807, 2.05) is 36.9 Å². The molecule has 0 unspecified atom stereocenters. The number of aromatic nitrogens is 1. The Morgan fingerprint density at radius 3 is 1.97 bits per heavy atom. The first-order valence-corrected chi connectivity index (χ1v) is 9.61. The summed E-state index contributed by atoms with van der Waals surface area (Å²) in [5, 5.41) is 37.7. The van der Waals surface area contributed by atoms with Gasteiger partial charge in [0.05, 0.1) is 20.8 Å². The van der Waals surface area contributed by atoms with Crippen LogP contribution in [0, 0.1) is 44.2 Å². The van der Waals surface area contributed by atoms with Crippen molar-refractivity contribution < 1.29 is 19.3 Å². The molecule has 0 amide bonds. The molecule has 0 aliphatic carbocycles. The van der Waals surface area contributed by atoms with Crippen molar-refractivity contribution >= 4 is 28.5 Å². The van der Waals surface area contributed by atoms with E-state index in [2.05, 4.69) is 10.5 Å². The van der Waals surface area contributed by atoms with E-state index in [9.17, 15) is 30.3 Å². The van der Waals surface area contributed by atoms with Crippen LogP contribution in [0.4, 0.5) is 22.7 Å². The van der Waals surface area contributed by atoms with E-state index in [1.165, 1.54) is 30.3 Å². The van der Waals surface area contributed by atoms with Gasteiger partial charge in [0.2, 0.25) is 0 Å². The number of non-ortho nitro benzene ring substituents is 2. The van der Waals surface area contributed by atoms with Gasteiger partial charge in [-0.25, -0.2) is 0 Å². The first-order valence-electron chi connectivity index (χ1n) is 9.61. The monoisotopic (exact) mass is 451 g/mol. The zero-order chi connectivity index (χ0) is 24.1. The Bertz CT molecular complexity index is 1250. The molecular weight excluding hydrogens is 432 g/mol. The van der Waals surface area contributed by atoms with Crippen molar-refractivity contribution in [1.82, 2.24) is 0 Å². The van der Waals surface area contributed by atoms with Crippen LogP contribution in [0.25, 0.3) is 0 Å². The lowest BCUT2D eigenvalue weighted by molar-refractivity contribution is -0.682. The Morgan fingerprint density at radius 2 is 1.42 bits per heavy atom. The lowest BCUT2D eigenvalue weighted by Gasteiger charge is -2.07. The van der Waals surface area contributed by atoms with E-state index in [1.54, 1.807) is 0 Å². The summed E-state index contributed by atoms with van der Waals surface area (Å²) in [6.45, 7) is 4.13. The predicted octanol–water partition coefficient (Wildman–Crippen LogP) is 3.83. The van der Waals surface area contributed by atoms with Gasteiger partial charge in [-0.05, 0) is 38.1 Å². The highest BCUT2D eigenvalue weighted by Crippen LogP contribution is 2.29. The molecule has 0 radical (unpaired) electrons. The molecule has 0 fully saturated rings. The van der Waals surface area contributed by atoms with Crippen LogP contribution in [0.1, 0.15) is 16.7 Å². The zero-order valence-electron chi connectivity index (χ0n) is 17.7. The lowest BCUT2D eigenvalue weighted by atomic mass is 10.1. The molecule has 0 aliphatic heterocycles. The molecule has 0 atom stereocenters. The summed E-state index contributed by atoms with van der Waals surface area (Å²) >= 11 is 0. The van der Waals surface area contributed by atoms with Gasteiger partial charge in [0.1, 0.15) is 11.4 Å². The number of anilines is 1. The summed E-state index contributed by atoms with van der Waals surface area (Å²) in [5.41, 5.74) is 4.60. The van der Waals surface area contributed by atoms with Gasteiger partial charge in [0.15, 0.2) is 18.9 Å². The largest absolute Gasteiger partial charge is 0.301 e. The number of hydrogen-bond donors (Lipinski definition) is 1. The van der Waals surface area contributed by atoms with Crippen LogP contribution in [0.15, 0.2) is 66.0 Å². The quantitative estimate of drug-likeness (QED) is 0.236. The SMILES string of the molecule is Cc1cc(C)c[n+](C/C(=N/Nc2ccc([N+](=O)[O-])cc2[N+](=O)[O-])c2ccc([N+](=O)[O-])cc2)c1. The van der Waals surface area contributed by atoms with Crippen LogP contribution < -0.4 is 9.99 Å². The molecule has 1 heterocycles. The van der Waals surface area contributed by atoms with Gasteiger partial charge in [-0.3, -0.25) is 35.8 Å². The highest BCUT2D eigenvalue weighted by molar-refractivity contribution is 6.00. The molecule has 1 aromatic heterocycles. The Morgan fingerprint density at radius 1 is 0.848 bits per heavy atom. The standard InChI is InChI=1S/C21H19N6O6/c1-14-9-15(2)12-24(11-14)13-20(16-3-5-17(6-4-16)25(28)29)23-22-19-8-7-18(26(30)31)10-21(19)27(32)33/h3-12,22H,13H2,1-2H3/q+1/b23-20-. The molecule has 0 saturated carbocycles. The molecule has 3 aromatic rings. The molecule has 3 rings (SSSR count). The predicted molar refractivity (Wildman–Crippen MR) is 119 cm³/mol. The Hall–Kier alpha value is -4.74. The number of rotatable bonds is 8. The van der Waals surface area contributed by atoms with E-state index in [4.69, 9.17) is 0 Å². The number of hydrogen-bond acceptors (Lipinski definition) is 8. The van der Waals surface area contributed by atoms with Crippen molar-refractivity contribution in [2.75, 3.05) is 5.43 Å². The number of nitrogens with one attached hydrogen (secondary N) is 1. The Kier molecular flexibility index (Phi) is 6.67. The van der Waals surface area contributed by atoms with E-state index in [-0.39, 0.29) is 17.9 Å². The van der Waals surface area contributed by atoms with Gasteiger partial charge in [0, 0.05) is 34.9 Å². The Labute approximate surface area is 187 Å². The Balaban J connectivity index is 2.02. The maximum atomic E-state index is 11.4. The number of nitro benzene ring substituents is 3. The topological polar surface area (TPSA) is 158 Å². The normalized spacial score (nSPS) is 11.2. The summed E-state index contributed by atoms with van der Waals surface area (Å²) in [6.07, 6.45) is 3.78. The molecule has 1 N–H and O–H groups in total. The average Bonchev–Trinajstić information content (AvgIpc) is 2.75. The van der Waals surface area contributed by atoms with E-state index >= 15 is 0 Å². The van der Waals surface area contributed by atoms with Crippen LogP contribution in [0.3, 0.4) is 0 Å². The minimum Gasteiger partial charge on any atom is -0.271 e. The molecule has 0 saturated heterocycles. The van der Waals surface area contributed by atoms with Crippen LogP contribution in [0.5, 0.6) is 0 Å². The molecular formula is C21H19N6O6+. The number of nitrogens with zero attached hydrogens (tertiary/aromatic N) is 5. The number of pyridine rings is 1. The van der Waals surface area contributed by atoms with Gasteiger partial charge in [-0.15, -0.1) is 0 Å². The van der Waals surface area contributed by atoms with Crippen LogP contribution >= 0.6 is 0 Å². The number of nitro groups is 3. The summed E-state index contributed by atoms with van der Waals surface area (Å²) in [7, 11) is 0. The fourth-order valence-corrected chi connectivity index (χ4v) is 3.23. The van der Waals surface area contributed by atoms with Gasteiger partial charge in [-0.2, -0.15) is 9.67 Å². The lowest BCUT2D eigenvalue weighted by Crippen LogP contribution is -2.38. The molecule has 168 valence electrons. The van der Waals surface area contributed by atoms with Crippen molar-refractivity contribution in [2.24, 2.45) is 5.10 Å². The number of hydrazone groups is 1. The smallest absolute Gasteiger partial charge is 0.271 e. The molecule has 33 heavy (non-hydrogen) atoms. The van der Waals surface area contributed by atoms with Gasteiger partial charge in [-0.1, -0.05) is 0 Å². The highest BCUT2D eigenvalue weighted by Gasteiger charge is 2.20. The van der Waals surface area contributed by atoms with Gasteiger partial charge in [0.25, 0.3) is 11.4 Å². The van der Waals surface area contributed by atoms with E-state index in [0.717, 1.165) is 23.3 Å². The third-order valence-corrected chi connectivity index (χ3v) is 4.64. The average molecular weight is 451 g/mol. The molecule has 0 spiro atoms. The van der Waals surface area contributed by atoms with Crippen molar-refractivity contribution in [2.45, 2.75) is 20.4 Å². The van der Waals surface area contributed by atoms with Crippen LogP contribution in [-0.2, 0) is 6.54 Å². The fourth-order valence-electron chi connectivity index (χ4n) is 3.23. The molecule has 12 heteroatoms. The van der Waals surface area contributed by atoms with Crippen molar-refractivity contribution in [1.29, 1.82) is 0 Å². The first kappa shape index (κ1) is 22.9. The third-order valence-electron chi connectivity index (χ3n) is 4.64. The molecule has 0 aliphatic rings. The van der Waals surface area contributed by atoms with E-state index in [0.29, 0.717) is 11.3 Å². The number of aryl methyl sites for hydroxylation is 2. The summed E-state index contributed by atoms with van der Waals surface area (Å²) < 4.78 is 1.87.